The number of ketones is 1. The van der Waals surface area contributed by atoms with Crippen molar-refractivity contribution in [3.63, 3.8) is 0 Å². The van der Waals surface area contributed by atoms with E-state index >= 15 is 0 Å². The fourth-order valence-corrected chi connectivity index (χ4v) is 3.30. The van der Waals surface area contributed by atoms with Gasteiger partial charge in [-0.2, -0.15) is 0 Å². The van der Waals surface area contributed by atoms with Gasteiger partial charge in [0.1, 0.15) is 5.75 Å². The molecule has 0 aliphatic carbocycles. The summed E-state index contributed by atoms with van der Waals surface area (Å²) < 4.78 is 5.46. The highest BCUT2D eigenvalue weighted by Gasteiger charge is 2.19. The summed E-state index contributed by atoms with van der Waals surface area (Å²) in [4.78, 5) is 26.0. The van der Waals surface area contributed by atoms with E-state index in [9.17, 15) is 9.59 Å². The van der Waals surface area contributed by atoms with Gasteiger partial charge in [-0.25, -0.2) is 0 Å². The van der Waals surface area contributed by atoms with Gasteiger partial charge in [-0.15, -0.1) is 0 Å². The Morgan fingerprint density at radius 1 is 0.897 bits per heavy atom. The highest BCUT2D eigenvalue weighted by molar-refractivity contribution is 6.15. The molecule has 1 amide bonds. The molecule has 0 saturated heterocycles. The third-order valence-corrected chi connectivity index (χ3v) is 4.90. The third kappa shape index (κ3) is 4.37. The summed E-state index contributed by atoms with van der Waals surface area (Å²) in [6.45, 7) is 5.99. The fraction of sp³-hybridized carbons (Fsp3) is 0.200. The number of para-hydroxylation sites is 1. The van der Waals surface area contributed by atoms with Gasteiger partial charge in [-0.05, 0) is 48.2 Å². The van der Waals surface area contributed by atoms with Crippen LogP contribution >= 0.6 is 0 Å². The number of benzene rings is 3. The summed E-state index contributed by atoms with van der Waals surface area (Å²) >= 11 is 0. The second-order valence-electron chi connectivity index (χ2n) is 7.26. The molecule has 148 valence electrons. The molecule has 0 aromatic heterocycles. The summed E-state index contributed by atoms with van der Waals surface area (Å²) in [6.07, 6.45) is 0. The van der Waals surface area contributed by atoms with Crippen LogP contribution in [0.5, 0.6) is 5.75 Å². The third-order valence-electron chi connectivity index (χ3n) is 4.90. The number of rotatable bonds is 6. The molecule has 0 atom stereocenters. The van der Waals surface area contributed by atoms with Crippen molar-refractivity contribution >= 4 is 17.4 Å². The van der Waals surface area contributed by atoms with E-state index in [1.54, 1.807) is 43.5 Å². The second-order valence-corrected chi connectivity index (χ2v) is 7.26. The summed E-state index contributed by atoms with van der Waals surface area (Å²) in [7, 11) is 1.63. The SMILES string of the molecule is COc1cc(C)c(C(=O)Nc2ccccc2C(=O)c2ccccc2)cc1C(C)C. The van der Waals surface area contributed by atoms with Crippen LogP contribution in [-0.4, -0.2) is 18.8 Å². The van der Waals surface area contributed by atoms with E-state index in [-0.39, 0.29) is 17.6 Å². The van der Waals surface area contributed by atoms with Gasteiger partial charge in [0, 0.05) is 16.7 Å². The minimum atomic E-state index is -0.250. The molecule has 0 unspecified atom stereocenters. The van der Waals surface area contributed by atoms with Crippen molar-refractivity contribution in [1.29, 1.82) is 0 Å². The van der Waals surface area contributed by atoms with E-state index < -0.39 is 0 Å². The van der Waals surface area contributed by atoms with Crippen molar-refractivity contribution in [2.45, 2.75) is 26.7 Å². The van der Waals surface area contributed by atoms with Gasteiger partial charge in [-0.1, -0.05) is 56.3 Å². The minimum Gasteiger partial charge on any atom is -0.496 e. The first kappa shape index (κ1) is 20.3. The minimum absolute atomic E-state index is 0.129. The maximum absolute atomic E-state index is 13.1. The average Bonchev–Trinajstić information content (AvgIpc) is 2.73. The van der Waals surface area contributed by atoms with Crippen LogP contribution < -0.4 is 10.1 Å². The normalized spacial score (nSPS) is 10.7. The topological polar surface area (TPSA) is 55.4 Å². The molecule has 4 heteroatoms. The monoisotopic (exact) mass is 387 g/mol. The van der Waals surface area contributed by atoms with Gasteiger partial charge >= 0.3 is 0 Å². The van der Waals surface area contributed by atoms with Gasteiger partial charge in [-0.3, -0.25) is 9.59 Å². The van der Waals surface area contributed by atoms with Crippen LogP contribution in [0.3, 0.4) is 0 Å². The molecular weight excluding hydrogens is 362 g/mol. The molecule has 0 saturated carbocycles. The number of ether oxygens (including phenoxy) is 1. The molecule has 4 nitrogen and oxygen atoms in total. The molecule has 0 spiro atoms. The highest BCUT2D eigenvalue weighted by Crippen LogP contribution is 2.30. The molecule has 3 rings (SSSR count). The number of aryl methyl sites for hydroxylation is 1. The second kappa shape index (κ2) is 8.74. The number of methoxy groups -OCH3 is 1. The number of amides is 1. The van der Waals surface area contributed by atoms with Crippen LogP contribution in [0.1, 0.15) is 57.2 Å². The number of carbonyl (C=O) groups excluding carboxylic acids is 2. The zero-order valence-corrected chi connectivity index (χ0v) is 17.2. The van der Waals surface area contributed by atoms with E-state index in [0.717, 1.165) is 16.9 Å². The summed E-state index contributed by atoms with van der Waals surface area (Å²) in [5.74, 6) is 0.605. The van der Waals surface area contributed by atoms with Crippen molar-refractivity contribution in [1.82, 2.24) is 0 Å². The summed E-state index contributed by atoms with van der Waals surface area (Å²) in [6, 6.07) is 19.9. The molecule has 0 aliphatic rings. The molecule has 3 aromatic rings. The molecule has 0 aliphatic heterocycles. The number of hydrogen-bond donors (Lipinski definition) is 1. The van der Waals surface area contributed by atoms with Gasteiger partial charge in [0.25, 0.3) is 5.91 Å². The molecule has 0 radical (unpaired) electrons. The first-order valence-electron chi connectivity index (χ1n) is 9.61. The molecule has 0 bridgehead atoms. The number of anilines is 1. The van der Waals surface area contributed by atoms with Crippen molar-refractivity contribution in [2.24, 2.45) is 0 Å². The Balaban J connectivity index is 1.95. The van der Waals surface area contributed by atoms with Gasteiger partial charge in [0.15, 0.2) is 5.78 Å². The van der Waals surface area contributed by atoms with Crippen molar-refractivity contribution in [3.05, 3.63) is 94.5 Å². The van der Waals surface area contributed by atoms with Crippen molar-refractivity contribution < 1.29 is 14.3 Å². The Labute approximate surface area is 171 Å². The standard InChI is InChI=1S/C25H25NO3/c1-16(2)20-15-21(17(3)14-23(20)29-4)25(28)26-22-13-9-8-12-19(22)24(27)18-10-6-5-7-11-18/h5-16H,1-4H3,(H,26,28). The van der Waals surface area contributed by atoms with E-state index in [1.807, 2.05) is 37.3 Å². The lowest BCUT2D eigenvalue weighted by molar-refractivity contribution is 0.102. The lowest BCUT2D eigenvalue weighted by Crippen LogP contribution is -2.17. The maximum atomic E-state index is 13.1. The molecule has 29 heavy (non-hydrogen) atoms. The van der Waals surface area contributed by atoms with E-state index in [4.69, 9.17) is 4.74 Å². The molecular formula is C25H25NO3. The maximum Gasteiger partial charge on any atom is 0.255 e. The van der Waals surface area contributed by atoms with Crippen LogP contribution in [-0.2, 0) is 0 Å². The predicted octanol–water partition coefficient (Wildman–Crippen LogP) is 5.61. The highest BCUT2D eigenvalue weighted by atomic mass is 16.5. The van der Waals surface area contributed by atoms with Gasteiger partial charge in [0.2, 0.25) is 0 Å². The molecule has 0 fully saturated rings. The first-order valence-corrected chi connectivity index (χ1v) is 9.61. The Morgan fingerprint density at radius 3 is 2.21 bits per heavy atom. The largest absolute Gasteiger partial charge is 0.496 e. The first-order chi connectivity index (χ1) is 13.9. The molecule has 3 aromatic carbocycles. The fourth-order valence-electron chi connectivity index (χ4n) is 3.30. The number of carbonyl (C=O) groups is 2. The van der Waals surface area contributed by atoms with Crippen LogP contribution in [0, 0.1) is 6.92 Å². The molecule has 0 heterocycles. The average molecular weight is 387 g/mol. The zero-order chi connectivity index (χ0) is 21.0. The number of hydrogen-bond acceptors (Lipinski definition) is 3. The van der Waals surface area contributed by atoms with Gasteiger partial charge < -0.3 is 10.1 Å². The molecule has 1 N–H and O–H groups in total. The van der Waals surface area contributed by atoms with Crippen LogP contribution in [0.15, 0.2) is 66.7 Å². The lowest BCUT2D eigenvalue weighted by atomic mass is 9.95. The lowest BCUT2D eigenvalue weighted by Gasteiger charge is -2.17. The summed E-state index contributed by atoms with van der Waals surface area (Å²) in [5, 5.41) is 2.92. The van der Waals surface area contributed by atoms with E-state index in [0.29, 0.717) is 22.4 Å². The predicted molar refractivity (Wildman–Crippen MR) is 116 cm³/mol. The van der Waals surface area contributed by atoms with E-state index in [2.05, 4.69) is 19.2 Å². The van der Waals surface area contributed by atoms with Crippen molar-refractivity contribution in [3.8, 4) is 5.75 Å². The zero-order valence-electron chi connectivity index (χ0n) is 17.2. The quantitative estimate of drug-likeness (QED) is 0.559. The Kier molecular flexibility index (Phi) is 6.13. The number of nitrogens with one attached hydrogen (secondary N) is 1. The van der Waals surface area contributed by atoms with Gasteiger partial charge in [0.05, 0.1) is 12.8 Å². The Bertz CT molecular complexity index is 1040. The Hall–Kier alpha value is -3.40. The van der Waals surface area contributed by atoms with Crippen molar-refractivity contribution in [2.75, 3.05) is 12.4 Å². The summed E-state index contributed by atoms with van der Waals surface area (Å²) in [5.41, 5.74) is 3.89. The van der Waals surface area contributed by atoms with Crippen LogP contribution in [0.25, 0.3) is 0 Å². The Morgan fingerprint density at radius 2 is 1.55 bits per heavy atom. The van der Waals surface area contributed by atoms with Crippen LogP contribution in [0.4, 0.5) is 5.69 Å². The smallest absolute Gasteiger partial charge is 0.255 e. The van der Waals surface area contributed by atoms with E-state index in [1.165, 1.54) is 0 Å². The van der Waals surface area contributed by atoms with Crippen LogP contribution in [0.2, 0.25) is 0 Å².